The fourth-order valence-corrected chi connectivity index (χ4v) is 5.60. The average molecular weight is 954 g/mol. The van der Waals surface area contributed by atoms with Gasteiger partial charge in [-0.05, 0) is 69.2 Å². The first-order chi connectivity index (χ1) is 28.4. The monoisotopic (exact) mass is 953 g/mol. The number of ether oxygens (including phenoxy) is 4. The number of halogens is 18. The molecule has 63 heavy (non-hydrogen) atoms. The number of benzene rings is 1. The summed E-state index contributed by atoms with van der Waals surface area (Å²) in [4.78, 5) is 24.8. The summed E-state index contributed by atoms with van der Waals surface area (Å²) in [5.74, 6) is -44.5. The van der Waals surface area contributed by atoms with E-state index in [0.29, 0.717) is 44.6 Å². The Hall–Kier alpha value is -3.64. The van der Waals surface area contributed by atoms with Crippen LogP contribution >= 0.6 is 0 Å². The lowest BCUT2D eigenvalue weighted by Crippen LogP contribution is -2.61. The molecule has 7 nitrogen and oxygen atoms in total. The number of hydrogen-bond acceptors (Lipinski definition) is 6. The molecule has 0 atom stereocenters. The number of hydrogen-bond donors (Lipinski definition) is 1. The molecule has 2 rings (SSSR count). The van der Waals surface area contributed by atoms with Gasteiger partial charge in [-0.25, -0.2) is 4.79 Å². The third-order valence-electron chi connectivity index (χ3n) is 10.2. The van der Waals surface area contributed by atoms with E-state index >= 15 is 0 Å². The van der Waals surface area contributed by atoms with Crippen molar-refractivity contribution in [2.45, 2.75) is 151 Å². The summed E-state index contributed by atoms with van der Waals surface area (Å²) in [6.45, 7) is 1.87. The molecule has 0 heterocycles. The van der Waals surface area contributed by atoms with Gasteiger partial charge < -0.3 is 24.3 Å². The Balaban J connectivity index is 2.05. The second-order valence-corrected chi connectivity index (χ2v) is 15.5. The second-order valence-electron chi connectivity index (χ2n) is 15.5. The molecular weight excluding hydrogens is 908 g/mol. The molecule has 0 radical (unpaired) electrons. The molecule has 364 valence electrons. The zero-order valence-corrected chi connectivity index (χ0v) is 33.9. The average Bonchev–Trinajstić information content (AvgIpc) is 3.15. The maximum Gasteiger partial charge on any atom is 0.460 e. The van der Waals surface area contributed by atoms with Gasteiger partial charge in [-0.1, -0.05) is 32.9 Å². The Morgan fingerprint density at radius 2 is 1.08 bits per heavy atom. The fraction of sp³-hybridized carbons (Fsp3) is 0.737. The highest BCUT2D eigenvalue weighted by molar-refractivity contribution is 5.87. The van der Waals surface area contributed by atoms with Crippen molar-refractivity contribution in [1.82, 2.24) is 5.32 Å². The maximum absolute atomic E-state index is 14.1. The van der Waals surface area contributed by atoms with Crippen LogP contribution in [0, 0.1) is 5.41 Å². The van der Waals surface area contributed by atoms with E-state index in [0.717, 1.165) is 6.08 Å². The van der Waals surface area contributed by atoms with Gasteiger partial charge in [0.15, 0.2) is 5.79 Å². The van der Waals surface area contributed by atoms with Crippen LogP contribution in [0.1, 0.15) is 91.0 Å². The van der Waals surface area contributed by atoms with E-state index in [4.69, 9.17) is 18.9 Å². The Morgan fingerprint density at radius 1 is 0.635 bits per heavy atom. The Kier molecular flexibility index (Phi) is 17.8. The lowest BCUT2D eigenvalue weighted by molar-refractivity contribution is -0.399. The number of alkyl halides is 18. The van der Waals surface area contributed by atoms with Crippen molar-refractivity contribution in [3.05, 3.63) is 35.9 Å². The van der Waals surface area contributed by atoms with E-state index in [1.807, 2.05) is 20.8 Å². The summed E-state index contributed by atoms with van der Waals surface area (Å²) in [6.07, 6.45) is -15.8. The van der Waals surface area contributed by atoms with Crippen LogP contribution in [-0.2, 0) is 23.8 Å². The molecule has 0 spiro atoms. The SMILES string of the molecule is CCC(C)(C)C(=O)NC1CCC(OC(=O)/C=C/c2ccc(OCCCC(C)(OCCC(F)(F)C(F)(F)C(F)(F)C(F)(F)F)OCCC(F)(F)C(F)(F)C(F)(F)C(F)(F)F)cc2)CC1. The molecule has 0 aromatic heterocycles. The van der Waals surface area contributed by atoms with Crippen molar-refractivity contribution in [2.24, 2.45) is 5.41 Å². The van der Waals surface area contributed by atoms with E-state index in [-0.39, 0.29) is 23.8 Å². The number of nitrogens with one attached hydrogen (secondary N) is 1. The first-order valence-electron chi connectivity index (χ1n) is 19.0. The minimum Gasteiger partial charge on any atom is -0.494 e. The Morgan fingerprint density at radius 3 is 1.49 bits per heavy atom. The molecule has 1 fully saturated rings. The molecule has 1 N–H and O–H groups in total. The van der Waals surface area contributed by atoms with Gasteiger partial charge in [0.05, 0.1) is 19.8 Å². The van der Waals surface area contributed by atoms with Crippen molar-refractivity contribution in [1.29, 1.82) is 0 Å². The number of esters is 1. The van der Waals surface area contributed by atoms with Crippen LogP contribution in [0.4, 0.5) is 79.0 Å². The molecule has 1 saturated carbocycles. The topological polar surface area (TPSA) is 83.1 Å². The zero-order valence-electron chi connectivity index (χ0n) is 33.9. The van der Waals surface area contributed by atoms with Crippen molar-refractivity contribution in [2.75, 3.05) is 19.8 Å². The van der Waals surface area contributed by atoms with Crippen LogP contribution in [0.3, 0.4) is 0 Å². The summed E-state index contributed by atoms with van der Waals surface area (Å²) in [5, 5.41) is 3.01. The molecule has 1 amide bonds. The van der Waals surface area contributed by atoms with Crippen molar-refractivity contribution >= 4 is 18.0 Å². The molecule has 1 aromatic carbocycles. The van der Waals surface area contributed by atoms with Crippen molar-refractivity contribution in [3.63, 3.8) is 0 Å². The molecule has 0 unspecified atom stereocenters. The predicted octanol–water partition coefficient (Wildman–Crippen LogP) is 11.7. The van der Waals surface area contributed by atoms with Gasteiger partial charge in [-0.2, -0.15) is 79.0 Å². The highest BCUT2D eigenvalue weighted by atomic mass is 19.4. The summed E-state index contributed by atoms with van der Waals surface area (Å²) in [7, 11) is 0. The van der Waals surface area contributed by atoms with E-state index in [1.165, 1.54) is 30.3 Å². The van der Waals surface area contributed by atoms with Gasteiger partial charge in [0.2, 0.25) is 5.91 Å². The van der Waals surface area contributed by atoms with Gasteiger partial charge in [0.1, 0.15) is 11.9 Å². The molecule has 1 aliphatic carbocycles. The van der Waals surface area contributed by atoms with Crippen molar-refractivity contribution < 1.29 is 108 Å². The van der Waals surface area contributed by atoms with Gasteiger partial charge in [-0.15, -0.1) is 0 Å². The molecule has 0 aliphatic heterocycles. The third-order valence-corrected chi connectivity index (χ3v) is 10.2. The Bertz CT molecular complexity index is 1620. The number of carbonyl (C=O) groups is 2. The van der Waals surface area contributed by atoms with Crippen LogP contribution in [0.5, 0.6) is 5.75 Å². The van der Waals surface area contributed by atoms with E-state index < -0.39 is 111 Å². The summed E-state index contributed by atoms with van der Waals surface area (Å²) in [6, 6.07) is 5.53. The van der Waals surface area contributed by atoms with Crippen LogP contribution in [0.15, 0.2) is 30.3 Å². The molecule has 1 aromatic rings. The normalized spacial score (nSPS) is 18.1. The standard InChI is InChI=1S/C38H45F18NO6/c1-5-29(2,3)28(59)57-24-10-14-26(15-11-24)63-27(58)16-9-23-7-12-25(13-8-23)60-20-6-17-30(4,61-21-18-31(39,40)33(43,44)35(47,48)37(51,52)53)62-22-19-32(41,42)34(45,46)36(49,50)38(54,55)56/h7-9,12-13,16,24,26H,5-6,10-11,14-15,17-22H2,1-4H3,(H,57,59)/b16-9+. The zero-order chi connectivity index (χ0) is 48.7. The molecule has 25 heteroatoms. The maximum atomic E-state index is 14.1. The number of amides is 1. The Labute approximate surface area is 349 Å². The third kappa shape index (κ3) is 13.7. The largest absolute Gasteiger partial charge is 0.494 e. The van der Waals surface area contributed by atoms with Gasteiger partial charge in [0, 0.05) is 36.8 Å². The lowest BCUT2D eigenvalue weighted by Gasteiger charge is -2.36. The molecular formula is C38H45F18NO6. The van der Waals surface area contributed by atoms with Crippen molar-refractivity contribution in [3.8, 4) is 5.75 Å². The highest BCUT2D eigenvalue weighted by Gasteiger charge is 2.82. The molecule has 0 saturated heterocycles. The van der Waals surface area contributed by atoms with E-state index in [2.05, 4.69) is 5.32 Å². The summed E-state index contributed by atoms with van der Waals surface area (Å²) >= 11 is 0. The molecule has 1 aliphatic rings. The van der Waals surface area contributed by atoms with E-state index in [9.17, 15) is 88.6 Å². The summed E-state index contributed by atoms with van der Waals surface area (Å²) < 4.78 is 260. The number of carbonyl (C=O) groups excluding carboxylic acids is 2. The highest BCUT2D eigenvalue weighted by Crippen LogP contribution is 2.55. The second kappa shape index (κ2) is 20.3. The first-order valence-corrected chi connectivity index (χ1v) is 19.0. The van der Waals surface area contributed by atoms with Gasteiger partial charge in [0.25, 0.3) is 0 Å². The first kappa shape index (κ1) is 55.5. The van der Waals surface area contributed by atoms with Crippen LogP contribution in [-0.4, -0.2) is 97.5 Å². The minimum atomic E-state index is -7.29. The number of rotatable bonds is 23. The van der Waals surface area contributed by atoms with Crippen LogP contribution in [0.25, 0.3) is 6.08 Å². The van der Waals surface area contributed by atoms with Gasteiger partial charge >= 0.3 is 53.9 Å². The fourth-order valence-electron chi connectivity index (χ4n) is 5.60. The lowest BCUT2D eigenvalue weighted by atomic mass is 9.87. The van der Waals surface area contributed by atoms with Crippen LogP contribution in [0.2, 0.25) is 0 Å². The van der Waals surface area contributed by atoms with E-state index in [1.54, 1.807) is 0 Å². The smallest absolute Gasteiger partial charge is 0.460 e. The van der Waals surface area contributed by atoms with Crippen LogP contribution < -0.4 is 10.1 Å². The predicted molar refractivity (Wildman–Crippen MR) is 186 cm³/mol. The molecule has 0 bridgehead atoms. The quantitative estimate of drug-likeness (QED) is 0.0387. The summed E-state index contributed by atoms with van der Waals surface area (Å²) in [5.41, 5.74) is -0.0747. The minimum absolute atomic E-state index is 0.0560. The van der Waals surface area contributed by atoms with Gasteiger partial charge in [-0.3, -0.25) is 4.79 Å².